The summed E-state index contributed by atoms with van der Waals surface area (Å²) in [7, 11) is 0. The molecule has 1 aliphatic rings. The van der Waals surface area contributed by atoms with E-state index in [1.165, 1.54) is 5.56 Å². The number of benzene rings is 9. The van der Waals surface area contributed by atoms with E-state index in [0.717, 1.165) is 60.5 Å². The fourth-order valence-electron chi connectivity index (χ4n) is 8.63. The van der Waals surface area contributed by atoms with Gasteiger partial charge in [-0.25, -0.2) is 0 Å². The summed E-state index contributed by atoms with van der Waals surface area (Å²) >= 11 is 0. The van der Waals surface area contributed by atoms with Crippen LogP contribution in [0, 0.1) is 0 Å². The van der Waals surface area contributed by atoms with Crippen molar-refractivity contribution < 1.29 is 15.4 Å². The van der Waals surface area contributed by atoms with Crippen molar-refractivity contribution >= 4 is 54.3 Å². The predicted molar refractivity (Wildman–Crippen MR) is 220 cm³/mol. The SMILES string of the molecule is [2H]c1c([2H])c([2H])c2c(-c3ccc4c(c3)-c3ccccc3C4(C)C)c3c([2H])c([2H])c([2H])c([2H])c3c(-c3ccc(-c4ccc5oc6ccc7ccccc7c6c5c4)cc3)c2c1[2H]. The Bertz CT molecular complexity index is 3470. The Morgan fingerprint density at radius 1 is 0.442 bits per heavy atom. The fourth-order valence-corrected chi connectivity index (χ4v) is 8.63. The highest BCUT2D eigenvalue weighted by atomic mass is 16.3. The molecule has 0 radical (unpaired) electrons. The Labute approximate surface area is 313 Å². The first-order valence-corrected chi connectivity index (χ1v) is 17.5. The molecule has 0 aliphatic heterocycles. The van der Waals surface area contributed by atoms with Gasteiger partial charge >= 0.3 is 0 Å². The molecule has 1 heterocycles. The second kappa shape index (κ2) is 10.8. The molecule has 0 unspecified atom stereocenters. The quantitative estimate of drug-likeness (QED) is 0.171. The van der Waals surface area contributed by atoms with Gasteiger partial charge in [0, 0.05) is 16.2 Å². The Morgan fingerprint density at radius 2 is 1.02 bits per heavy atom. The number of hydrogen-bond acceptors (Lipinski definition) is 1. The molecule has 0 amide bonds. The largest absolute Gasteiger partial charge is 0.456 e. The van der Waals surface area contributed by atoms with Gasteiger partial charge in [0.1, 0.15) is 11.2 Å². The van der Waals surface area contributed by atoms with Gasteiger partial charge in [-0.05, 0) is 112 Å². The summed E-state index contributed by atoms with van der Waals surface area (Å²) in [5.41, 5.74) is 9.27. The minimum absolute atomic E-state index is 0.195. The van der Waals surface area contributed by atoms with Gasteiger partial charge in [0.25, 0.3) is 0 Å². The lowest BCUT2D eigenvalue weighted by Gasteiger charge is -2.22. The summed E-state index contributed by atoms with van der Waals surface area (Å²) in [4.78, 5) is 0. The Morgan fingerprint density at radius 3 is 1.77 bits per heavy atom. The minimum atomic E-state index is -0.422. The smallest absolute Gasteiger partial charge is 0.136 e. The Balaban J connectivity index is 1.19. The number of hydrogen-bond donors (Lipinski definition) is 0. The summed E-state index contributed by atoms with van der Waals surface area (Å²) in [5, 5.41) is 5.04. The van der Waals surface area contributed by atoms with Gasteiger partial charge in [-0.1, -0.05) is 159 Å². The second-order valence-corrected chi connectivity index (χ2v) is 14.2. The Hall–Kier alpha value is -6.44. The highest BCUT2D eigenvalue weighted by Crippen LogP contribution is 2.51. The number of fused-ring (bicyclic) bond motifs is 10. The van der Waals surface area contributed by atoms with Gasteiger partial charge < -0.3 is 4.42 Å². The number of furan rings is 1. The second-order valence-electron chi connectivity index (χ2n) is 14.2. The summed E-state index contributed by atoms with van der Waals surface area (Å²) in [6.45, 7) is 4.35. The van der Waals surface area contributed by atoms with Gasteiger partial charge in [-0.15, -0.1) is 0 Å². The highest BCUT2D eigenvalue weighted by molar-refractivity contribution is 6.22. The zero-order valence-electron chi connectivity index (χ0n) is 36.5. The monoisotopic (exact) mass is 670 g/mol. The zero-order chi connectivity index (χ0) is 41.5. The molecular weight excluding hydrogens is 629 g/mol. The molecule has 10 aromatic rings. The maximum atomic E-state index is 9.42. The van der Waals surface area contributed by atoms with Crippen molar-refractivity contribution in [2.45, 2.75) is 19.3 Å². The molecule has 1 aromatic heterocycles. The third-order valence-corrected chi connectivity index (χ3v) is 11.1. The van der Waals surface area contributed by atoms with E-state index >= 15 is 0 Å². The van der Waals surface area contributed by atoms with Crippen molar-refractivity contribution in [2.75, 3.05) is 0 Å². The van der Waals surface area contributed by atoms with Crippen molar-refractivity contribution in [2.24, 2.45) is 0 Å². The molecule has 11 rings (SSSR count). The molecule has 244 valence electrons. The maximum Gasteiger partial charge on any atom is 0.136 e. The first-order chi connectivity index (χ1) is 28.9. The van der Waals surface area contributed by atoms with Gasteiger partial charge in [-0.2, -0.15) is 0 Å². The van der Waals surface area contributed by atoms with E-state index in [2.05, 4.69) is 50.2 Å². The van der Waals surface area contributed by atoms with Crippen LogP contribution in [0.15, 0.2) is 174 Å². The lowest BCUT2D eigenvalue weighted by Crippen LogP contribution is -2.14. The molecule has 0 saturated heterocycles. The normalized spacial score (nSPS) is 15.5. The van der Waals surface area contributed by atoms with Crippen LogP contribution in [-0.4, -0.2) is 0 Å². The molecular formula is C51H34O. The van der Waals surface area contributed by atoms with E-state index in [-0.39, 0.29) is 51.1 Å². The van der Waals surface area contributed by atoms with Gasteiger partial charge in [0.2, 0.25) is 0 Å². The van der Waals surface area contributed by atoms with Crippen LogP contribution in [0.1, 0.15) is 35.9 Å². The first-order valence-electron chi connectivity index (χ1n) is 21.5. The van der Waals surface area contributed by atoms with E-state index in [4.69, 9.17) is 9.90 Å². The van der Waals surface area contributed by atoms with E-state index in [9.17, 15) is 5.48 Å². The van der Waals surface area contributed by atoms with Gasteiger partial charge in [0.15, 0.2) is 0 Å². The molecule has 1 nitrogen and oxygen atoms in total. The molecule has 1 heteroatoms. The van der Waals surface area contributed by atoms with Crippen molar-refractivity contribution in [1.82, 2.24) is 0 Å². The van der Waals surface area contributed by atoms with E-state index in [1.54, 1.807) is 0 Å². The summed E-state index contributed by atoms with van der Waals surface area (Å²) in [6, 6.07) is 37.4. The molecule has 0 N–H and O–H groups in total. The minimum Gasteiger partial charge on any atom is -0.456 e. The van der Waals surface area contributed by atoms with E-state index < -0.39 is 24.2 Å². The molecule has 0 bridgehead atoms. The van der Waals surface area contributed by atoms with Gasteiger partial charge in [-0.3, -0.25) is 0 Å². The van der Waals surface area contributed by atoms with Crippen molar-refractivity contribution in [3.63, 3.8) is 0 Å². The van der Waals surface area contributed by atoms with Gasteiger partial charge in [0.05, 0.1) is 11.0 Å². The molecule has 1 aliphatic carbocycles. The van der Waals surface area contributed by atoms with E-state index in [0.29, 0.717) is 22.3 Å². The summed E-state index contributed by atoms with van der Waals surface area (Å²) < 4.78 is 79.4. The van der Waals surface area contributed by atoms with Crippen molar-refractivity contribution in [3.8, 4) is 44.5 Å². The standard InChI is InChI=1S/C51H34O/c1-51(2)44-18-10-9-13-37(44)42-30-35(23-26-45(42)51)49-40-16-7-5-14-38(40)48(39-15-6-8-17-41(39)49)33-21-19-31(20-22-33)34-25-27-46-43(29-34)50-36-12-4-3-11-32(36)24-28-47(50)52-46/h3-30H,1-2H3/i5D,6D,7D,8D,14D,15D,16D,17D. The third kappa shape index (κ3) is 4.11. The van der Waals surface area contributed by atoms with Crippen molar-refractivity contribution in [1.29, 1.82) is 0 Å². The summed E-state index contributed by atoms with van der Waals surface area (Å²) in [6.07, 6.45) is 0. The summed E-state index contributed by atoms with van der Waals surface area (Å²) in [5.74, 6) is 0. The fraction of sp³-hybridized carbons (Fsp3) is 0.0588. The molecule has 0 spiro atoms. The molecule has 0 atom stereocenters. The number of rotatable bonds is 3. The molecule has 9 aromatic carbocycles. The zero-order valence-corrected chi connectivity index (χ0v) is 28.5. The lowest BCUT2D eigenvalue weighted by molar-refractivity contribution is 0.660. The van der Waals surface area contributed by atoms with Crippen LogP contribution in [0.5, 0.6) is 0 Å². The van der Waals surface area contributed by atoms with Crippen LogP contribution in [0.25, 0.3) is 98.8 Å². The topological polar surface area (TPSA) is 13.1 Å². The van der Waals surface area contributed by atoms with Crippen LogP contribution in [0.2, 0.25) is 0 Å². The third-order valence-electron chi connectivity index (χ3n) is 11.1. The van der Waals surface area contributed by atoms with E-state index in [1.807, 2.05) is 84.9 Å². The van der Waals surface area contributed by atoms with Crippen LogP contribution in [0.3, 0.4) is 0 Å². The van der Waals surface area contributed by atoms with Crippen LogP contribution >= 0.6 is 0 Å². The molecule has 0 fully saturated rings. The van der Waals surface area contributed by atoms with Crippen LogP contribution < -0.4 is 0 Å². The predicted octanol–water partition coefficient (Wildman–Crippen LogP) is 14.4. The lowest BCUT2D eigenvalue weighted by atomic mass is 9.81. The van der Waals surface area contributed by atoms with Crippen LogP contribution in [0.4, 0.5) is 0 Å². The average Bonchev–Trinajstić information content (AvgIpc) is 3.76. The van der Waals surface area contributed by atoms with Crippen molar-refractivity contribution in [3.05, 3.63) is 181 Å². The molecule has 52 heavy (non-hydrogen) atoms. The Kier molecular flexibility index (Phi) is 4.64. The maximum absolute atomic E-state index is 9.42. The van der Waals surface area contributed by atoms with Crippen LogP contribution in [-0.2, 0) is 5.41 Å². The average molecular weight is 671 g/mol. The highest BCUT2D eigenvalue weighted by Gasteiger charge is 2.35. The molecule has 0 saturated carbocycles. The first kappa shape index (κ1) is 22.4.